The lowest BCUT2D eigenvalue weighted by Crippen LogP contribution is -1.97. The SMILES string of the molecule is O=C(O)c1ccc(Oc2ccccc2)c(I)c1. The van der Waals surface area contributed by atoms with Crippen molar-refractivity contribution in [1.29, 1.82) is 0 Å². The molecule has 17 heavy (non-hydrogen) atoms. The molecule has 86 valence electrons. The van der Waals surface area contributed by atoms with E-state index in [-0.39, 0.29) is 5.56 Å². The minimum atomic E-state index is -0.936. The summed E-state index contributed by atoms with van der Waals surface area (Å²) < 4.78 is 6.41. The molecule has 1 N–H and O–H groups in total. The van der Waals surface area contributed by atoms with Gasteiger partial charge in [0.15, 0.2) is 0 Å². The lowest BCUT2D eigenvalue weighted by molar-refractivity contribution is 0.0697. The summed E-state index contributed by atoms with van der Waals surface area (Å²) in [7, 11) is 0. The highest BCUT2D eigenvalue weighted by molar-refractivity contribution is 14.1. The van der Waals surface area contributed by atoms with Crippen LogP contribution in [0.25, 0.3) is 0 Å². The minimum Gasteiger partial charge on any atom is -0.478 e. The molecule has 0 aliphatic carbocycles. The highest BCUT2D eigenvalue weighted by Gasteiger charge is 2.07. The molecule has 2 aromatic carbocycles. The molecule has 0 aliphatic heterocycles. The number of carboxylic acids is 1. The van der Waals surface area contributed by atoms with Crippen LogP contribution in [-0.2, 0) is 0 Å². The standard InChI is InChI=1S/C13H9IO3/c14-11-8-9(13(15)16)6-7-12(11)17-10-4-2-1-3-5-10/h1-8H,(H,15,16). The lowest BCUT2D eigenvalue weighted by Gasteiger charge is -2.07. The van der Waals surface area contributed by atoms with E-state index in [1.165, 1.54) is 6.07 Å². The Morgan fingerprint density at radius 2 is 1.82 bits per heavy atom. The number of hydrogen-bond donors (Lipinski definition) is 1. The Labute approximate surface area is 112 Å². The summed E-state index contributed by atoms with van der Waals surface area (Å²) >= 11 is 2.06. The Kier molecular flexibility index (Phi) is 3.63. The van der Waals surface area contributed by atoms with E-state index in [0.29, 0.717) is 5.75 Å². The predicted molar refractivity (Wildman–Crippen MR) is 72.6 cm³/mol. The molecule has 4 heteroatoms. The number of benzene rings is 2. The Bertz CT molecular complexity index is 538. The number of para-hydroxylation sites is 1. The Morgan fingerprint density at radius 1 is 1.12 bits per heavy atom. The van der Waals surface area contributed by atoms with Crippen LogP contribution in [0.3, 0.4) is 0 Å². The maximum Gasteiger partial charge on any atom is 0.335 e. The fraction of sp³-hybridized carbons (Fsp3) is 0. The van der Waals surface area contributed by atoms with Gasteiger partial charge in [0.25, 0.3) is 0 Å². The molecule has 0 aromatic heterocycles. The molecule has 0 heterocycles. The largest absolute Gasteiger partial charge is 0.478 e. The zero-order valence-electron chi connectivity index (χ0n) is 8.76. The molecule has 3 nitrogen and oxygen atoms in total. The molecule has 0 aliphatic rings. The molecular weight excluding hydrogens is 331 g/mol. The van der Waals surface area contributed by atoms with E-state index in [4.69, 9.17) is 9.84 Å². The summed E-state index contributed by atoms with van der Waals surface area (Å²) in [5.41, 5.74) is 0.259. The van der Waals surface area contributed by atoms with Gasteiger partial charge in [0, 0.05) is 0 Å². The quantitative estimate of drug-likeness (QED) is 0.865. The molecule has 0 radical (unpaired) electrons. The summed E-state index contributed by atoms with van der Waals surface area (Å²) in [5, 5.41) is 8.85. The van der Waals surface area contributed by atoms with Gasteiger partial charge in [-0.25, -0.2) is 4.79 Å². The summed E-state index contributed by atoms with van der Waals surface area (Å²) in [4.78, 5) is 10.8. The van der Waals surface area contributed by atoms with Crippen LogP contribution in [0.1, 0.15) is 10.4 Å². The van der Waals surface area contributed by atoms with Crippen molar-refractivity contribution in [2.75, 3.05) is 0 Å². The molecule has 0 spiro atoms. The highest BCUT2D eigenvalue weighted by Crippen LogP contribution is 2.27. The number of aromatic carboxylic acids is 1. The van der Waals surface area contributed by atoms with Crippen molar-refractivity contribution in [2.24, 2.45) is 0 Å². The average molecular weight is 340 g/mol. The van der Waals surface area contributed by atoms with Crippen molar-refractivity contribution in [2.45, 2.75) is 0 Å². The molecule has 2 rings (SSSR count). The molecule has 0 unspecified atom stereocenters. The second-order valence-electron chi connectivity index (χ2n) is 3.37. The number of carboxylic acid groups (broad SMARTS) is 1. The first-order valence-electron chi connectivity index (χ1n) is 4.92. The Morgan fingerprint density at radius 3 is 2.41 bits per heavy atom. The number of carbonyl (C=O) groups is 1. The second kappa shape index (κ2) is 5.18. The van der Waals surface area contributed by atoms with Crippen LogP contribution >= 0.6 is 22.6 Å². The van der Waals surface area contributed by atoms with Crippen molar-refractivity contribution in [3.05, 3.63) is 57.7 Å². The first-order valence-corrected chi connectivity index (χ1v) is 6.00. The zero-order valence-corrected chi connectivity index (χ0v) is 10.9. The lowest BCUT2D eigenvalue weighted by atomic mass is 10.2. The fourth-order valence-corrected chi connectivity index (χ4v) is 1.96. The van der Waals surface area contributed by atoms with Crippen LogP contribution in [0.5, 0.6) is 11.5 Å². The third kappa shape index (κ3) is 2.97. The van der Waals surface area contributed by atoms with Crippen molar-refractivity contribution < 1.29 is 14.6 Å². The number of ether oxygens (including phenoxy) is 1. The smallest absolute Gasteiger partial charge is 0.335 e. The third-order valence-corrected chi connectivity index (χ3v) is 2.99. The summed E-state index contributed by atoms with van der Waals surface area (Å²) in [6.07, 6.45) is 0. The van der Waals surface area contributed by atoms with Gasteiger partial charge in [-0.2, -0.15) is 0 Å². The minimum absolute atomic E-state index is 0.259. The van der Waals surface area contributed by atoms with Gasteiger partial charge in [0.05, 0.1) is 9.13 Å². The molecule has 0 amide bonds. The molecule has 0 bridgehead atoms. The monoisotopic (exact) mass is 340 g/mol. The number of rotatable bonds is 3. The molecule has 0 fully saturated rings. The fourth-order valence-electron chi connectivity index (χ4n) is 1.33. The molecular formula is C13H9IO3. The van der Waals surface area contributed by atoms with E-state index < -0.39 is 5.97 Å². The van der Waals surface area contributed by atoms with Gasteiger partial charge >= 0.3 is 5.97 Å². The predicted octanol–water partition coefficient (Wildman–Crippen LogP) is 3.78. The van der Waals surface area contributed by atoms with Crippen LogP contribution in [0, 0.1) is 3.57 Å². The molecule has 0 saturated heterocycles. The van der Waals surface area contributed by atoms with E-state index in [9.17, 15) is 4.79 Å². The van der Waals surface area contributed by atoms with Crippen LogP contribution in [0.4, 0.5) is 0 Å². The van der Waals surface area contributed by atoms with Gasteiger partial charge in [0.2, 0.25) is 0 Å². The second-order valence-corrected chi connectivity index (χ2v) is 4.53. The first kappa shape index (κ1) is 11.9. The van der Waals surface area contributed by atoms with Gasteiger partial charge in [-0.15, -0.1) is 0 Å². The number of hydrogen-bond acceptors (Lipinski definition) is 2. The van der Waals surface area contributed by atoms with Gasteiger partial charge in [0.1, 0.15) is 11.5 Å². The topological polar surface area (TPSA) is 46.5 Å². The van der Waals surface area contributed by atoms with Gasteiger partial charge in [-0.1, -0.05) is 18.2 Å². The van der Waals surface area contributed by atoms with E-state index in [2.05, 4.69) is 22.6 Å². The Hall–Kier alpha value is -1.56. The zero-order chi connectivity index (χ0) is 12.3. The normalized spacial score (nSPS) is 9.94. The Balaban J connectivity index is 2.26. The van der Waals surface area contributed by atoms with Crippen LogP contribution in [0.2, 0.25) is 0 Å². The highest BCUT2D eigenvalue weighted by atomic mass is 127. The van der Waals surface area contributed by atoms with E-state index in [0.717, 1.165) is 9.32 Å². The maximum absolute atomic E-state index is 10.8. The van der Waals surface area contributed by atoms with Gasteiger partial charge in [-0.05, 0) is 52.9 Å². The summed E-state index contributed by atoms with van der Waals surface area (Å²) in [6, 6.07) is 14.2. The van der Waals surface area contributed by atoms with E-state index in [1.54, 1.807) is 12.1 Å². The average Bonchev–Trinajstić information content (AvgIpc) is 2.33. The van der Waals surface area contributed by atoms with Crippen molar-refractivity contribution in [1.82, 2.24) is 0 Å². The number of halogens is 1. The van der Waals surface area contributed by atoms with Gasteiger partial charge < -0.3 is 9.84 Å². The summed E-state index contributed by atoms with van der Waals surface area (Å²) in [5.74, 6) is 0.449. The van der Waals surface area contributed by atoms with Gasteiger partial charge in [-0.3, -0.25) is 0 Å². The summed E-state index contributed by atoms with van der Waals surface area (Å²) in [6.45, 7) is 0. The van der Waals surface area contributed by atoms with Crippen LogP contribution in [0.15, 0.2) is 48.5 Å². The van der Waals surface area contributed by atoms with Crippen LogP contribution in [-0.4, -0.2) is 11.1 Å². The molecule has 2 aromatic rings. The maximum atomic E-state index is 10.8. The van der Waals surface area contributed by atoms with Crippen molar-refractivity contribution >= 4 is 28.6 Å². The van der Waals surface area contributed by atoms with Crippen molar-refractivity contribution in [3.63, 3.8) is 0 Å². The van der Waals surface area contributed by atoms with E-state index in [1.807, 2.05) is 30.3 Å². The first-order chi connectivity index (χ1) is 8.16. The molecule has 0 atom stereocenters. The van der Waals surface area contributed by atoms with E-state index >= 15 is 0 Å². The van der Waals surface area contributed by atoms with Crippen LogP contribution < -0.4 is 4.74 Å². The van der Waals surface area contributed by atoms with Crippen molar-refractivity contribution in [3.8, 4) is 11.5 Å². The third-order valence-electron chi connectivity index (χ3n) is 2.15. The molecule has 0 saturated carbocycles.